The van der Waals surface area contributed by atoms with Gasteiger partial charge in [-0.2, -0.15) is 5.26 Å². The van der Waals surface area contributed by atoms with E-state index in [1.165, 1.54) is 12.8 Å². The van der Waals surface area contributed by atoms with Crippen molar-refractivity contribution in [3.8, 4) is 11.8 Å². The Kier molecular flexibility index (Phi) is 9.10. The van der Waals surface area contributed by atoms with Crippen molar-refractivity contribution in [3.05, 3.63) is 53.6 Å². The summed E-state index contributed by atoms with van der Waals surface area (Å²) in [6, 6.07) is 7.12. The Labute approximate surface area is 185 Å². The van der Waals surface area contributed by atoms with E-state index in [2.05, 4.69) is 29.5 Å². The molecule has 6 heteroatoms. The zero-order chi connectivity index (χ0) is 22.1. The van der Waals surface area contributed by atoms with Crippen molar-refractivity contribution in [2.45, 2.75) is 58.5 Å². The highest BCUT2D eigenvalue weighted by molar-refractivity contribution is 6.32. The number of hydrogen-bond donors (Lipinski definition) is 1. The van der Waals surface area contributed by atoms with E-state index >= 15 is 0 Å². The number of nitriles is 1. The molecular weight excluding hydrogens is 398 g/mol. The molecule has 3 atom stereocenters. The van der Waals surface area contributed by atoms with Crippen LogP contribution < -0.4 is 10.1 Å². The van der Waals surface area contributed by atoms with Crippen LogP contribution in [0.5, 0.6) is 5.75 Å². The fourth-order valence-corrected chi connectivity index (χ4v) is 3.83. The molecule has 0 aromatic heterocycles. The molecule has 0 amide bonds. The molecule has 162 valence electrons. The first-order valence-corrected chi connectivity index (χ1v) is 10.7. The molecule has 1 spiro atoms. The molecule has 0 radical (unpaired) electrons. The van der Waals surface area contributed by atoms with Crippen LogP contribution in [0.1, 0.15) is 45.6 Å². The maximum atomic E-state index is 8.96. The van der Waals surface area contributed by atoms with Gasteiger partial charge in [-0.05, 0) is 82.6 Å². The van der Waals surface area contributed by atoms with Crippen LogP contribution in [0, 0.1) is 16.7 Å². The molecule has 1 saturated heterocycles. The molecule has 0 bridgehead atoms. The second kappa shape index (κ2) is 11.3. The smallest absolute Gasteiger partial charge is 0.167 e. The van der Waals surface area contributed by atoms with Gasteiger partial charge in [0.2, 0.25) is 0 Å². The molecule has 30 heavy (non-hydrogen) atoms. The normalized spacial score (nSPS) is 22.0. The van der Waals surface area contributed by atoms with Gasteiger partial charge in [-0.3, -0.25) is 4.99 Å². The minimum atomic E-state index is -0.312. The number of halogens is 1. The monoisotopic (exact) mass is 429 g/mol. The summed E-state index contributed by atoms with van der Waals surface area (Å²) in [5.74, 6) is 0.563. The third-order valence-corrected chi connectivity index (χ3v) is 5.94. The summed E-state index contributed by atoms with van der Waals surface area (Å²) in [6.45, 7) is 13.9. The van der Waals surface area contributed by atoms with E-state index in [1.54, 1.807) is 24.4 Å². The van der Waals surface area contributed by atoms with Crippen LogP contribution in [0.15, 0.2) is 48.0 Å². The van der Waals surface area contributed by atoms with E-state index in [0.29, 0.717) is 21.8 Å². The Morgan fingerprint density at radius 2 is 2.17 bits per heavy atom. The van der Waals surface area contributed by atoms with Gasteiger partial charge in [0, 0.05) is 12.0 Å². The highest BCUT2D eigenvalue weighted by atomic mass is 35.5. The summed E-state index contributed by atoms with van der Waals surface area (Å²) in [6.07, 6.45) is 7.04. The van der Waals surface area contributed by atoms with Crippen LogP contribution in [0.25, 0.3) is 0 Å². The van der Waals surface area contributed by atoms with Gasteiger partial charge in [0.05, 0.1) is 22.8 Å². The molecule has 1 saturated carbocycles. The highest BCUT2D eigenvalue weighted by Gasteiger charge is 2.51. The second-order valence-electron chi connectivity index (χ2n) is 7.68. The maximum Gasteiger partial charge on any atom is 0.167 e. The summed E-state index contributed by atoms with van der Waals surface area (Å²) in [4.78, 5) is 4.52. The van der Waals surface area contributed by atoms with Gasteiger partial charge < -0.3 is 14.8 Å². The SMILES string of the molecule is C/C=N\C(C=C(C)C(C)Oc1ccc(C#N)cc1Cl)OC1CCNCC12CC2.C=C. The standard InChI is InChI=1S/C22H28ClN3O2.C2H4/c1-4-26-21(28-20-7-10-25-14-22(20)8-9-22)11-15(2)16(3)27-19-6-5-17(13-24)12-18(19)23;1-2/h4-6,11-12,16,20-21,25H,7-10,14H2,1-3H3;1-2H2/b15-11?,26-4-;. The topological polar surface area (TPSA) is 66.6 Å². The summed E-state index contributed by atoms with van der Waals surface area (Å²) in [5.41, 5.74) is 1.84. The minimum absolute atomic E-state index is 0.188. The lowest BCUT2D eigenvalue weighted by atomic mass is 9.93. The largest absolute Gasteiger partial charge is 0.485 e. The quantitative estimate of drug-likeness (QED) is 0.471. The molecule has 3 unspecified atom stereocenters. The van der Waals surface area contributed by atoms with E-state index in [0.717, 1.165) is 25.1 Å². The molecule has 2 fully saturated rings. The average molecular weight is 430 g/mol. The van der Waals surface area contributed by atoms with E-state index in [-0.39, 0.29) is 18.4 Å². The Balaban J connectivity index is 0.00000155. The summed E-state index contributed by atoms with van der Waals surface area (Å²) >= 11 is 6.23. The Morgan fingerprint density at radius 1 is 1.43 bits per heavy atom. The van der Waals surface area contributed by atoms with Crippen molar-refractivity contribution in [3.63, 3.8) is 0 Å². The van der Waals surface area contributed by atoms with Crippen molar-refractivity contribution in [1.29, 1.82) is 5.26 Å². The maximum absolute atomic E-state index is 8.96. The van der Waals surface area contributed by atoms with Crippen LogP contribution in [-0.2, 0) is 4.74 Å². The van der Waals surface area contributed by atoms with Crippen LogP contribution in [0.4, 0.5) is 0 Å². The summed E-state index contributed by atoms with van der Waals surface area (Å²) in [7, 11) is 0. The number of hydrogen-bond acceptors (Lipinski definition) is 5. The van der Waals surface area contributed by atoms with E-state index < -0.39 is 0 Å². The van der Waals surface area contributed by atoms with Gasteiger partial charge in [-0.25, -0.2) is 0 Å². The molecule has 1 N–H and O–H groups in total. The Morgan fingerprint density at radius 3 is 2.77 bits per heavy atom. The summed E-state index contributed by atoms with van der Waals surface area (Å²) < 4.78 is 12.4. The van der Waals surface area contributed by atoms with E-state index in [9.17, 15) is 0 Å². The first kappa shape index (κ1) is 24.1. The van der Waals surface area contributed by atoms with Crippen LogP contribution in [0.3, 0.4) is 0 Å². The lowest BCUT2D eigenvalue weighted by Gasteiger charge is -2.33. The van der Waals surface area contributed by atoms with Crippen molar-refractivity contribution >= 4 is 17.8 Å². The van der Waals surface area contributed by atoms with Crippen LogP contribution >= 0.6 is 11.6 Å². The average Bonchev–Trinajstić information content (AvgIpc) is 3.52. The number of nitrogens with zero attached hydrogens (tertiary/aromatic N) is 2. The lowest BCUT2D eigenvalue weighted by molar-refractivity contribution is -0.0421. The number of nitrogens with one attached hydrogen (secondary N) is 1. The zero-order valence-corrected chi connectivity index (χ0v) is 18.9. The number of piperidine rings is 1. The molecule has 1 aromatic carbocycles. The van der Waals surface area contributed by atoms with Gasteiger partial charge in [-0.1, -0.05) is 11.6 Å². The van der Waals surface area contributed by atoms with Crippen molar-refractivity contribution in [2.24, 2.45) is 10.4 Å². The lowest BCUT2D eigenvalue weighted by Crippen LogP contribution is -2.44. The van der Waals surface area contributed by atoms with Crippen LogP contribution in [0.2, 0.25) is 5.02 Å². The van der Waals surface area contributed by atoms with Gasteiger partial charge in [0.25, 0.3) is 0 Å². The predicted octanol–water partition coefficient (Wildman–Crippen LogP) is 5.30. The van der Waals surface area contributed by atoms with Gasteiger partial charge in [0.15, 0.2) is 6.23 Å². The van der Waals surface area contributed by atoms with Crippen molar-refractivity contribution < 1.29 is 9.47 Å². The molecule has 1 aliphatic carbocycles. The third-order valence-electron chi connectivity index (χ3n) is 5.65. The second-order valence-corrected chi connectivity index (χ2v) is 8.09. The van der Waals surface area contributed by atoms with Crippen molar-refractivity contribution in [2.75, 3.05) is 13.1 Å². The molecule has 2 aliphatic rings. The number of benzene rings is 1. The Bertz CT molecular complexity index is 811. The molecule has 1 aromatic rings. The molecular formula is C24H32ClN3O2. The number of ether oxygens (including phenoxy) is 2. The van der Waals surface area contributed by atoms with Crippen LogP contribution in [-0.4, -0.2) is 37.7 Å². The number of rotatable bonds is 7. The molecule has 3 rings (SSSR count). The predicted molar refractivity (Wildman–Crippen MR) is 123 cm³/mol. The first-order valence-electron chi connectivity index (χ1n) is 10.4. The molecule has 5 nitrogen and oxygen atoms in total. The minimum Gasteiger partial charge on any atom is -0.485 e. The van der Waals surface area contributed by atoms with Crippen molar-refractivity contribution in [1.82, 2.24) is 5.32 Å². The Hall–Kier alpha value is -2.13. The zero-order valence-electron chi connectivity index (χ0n) is 18.2. The van der Waals surface area contributed by atoms with E-state index in [4.69, 9.17) is 26.3 Å². The van der Waals surface area contributed by atoms with Gasteiger partial charge in [-0.15, -0.1) is 13.2 Å². The van der Waals surface area contributed by atoms with Gasteiger partial charge in [0.1, 0.15) is 11.9 Å². The summed E-state index contributed by atoms with van der Waals surface area (Å²) in [5, 5.41) is 12.9. The van der Waals surface area contributed by atoms with Gasteiger partial charge >= 0.3 is 0 Å². The molecule has 1 heterocycles. The molecule has 1 aliphatic heterocycles. The fourth-order valence-electron chi connectivity index (χ4n) is 3.60. The fraction of sp³-hybridized carbons (Fsp3) is 0.500. The first-order chi connectivity index (χ1) is 14.5. The highest BCUT2D eigenvalue weighted by Crippen LogP contribution is 2.52. The van der Waals surface area contributed by atoms with E-state index in [1.807, 2.05) is 26.8 Å². The third kappa shape index (κ3) is 6.18. The number of aliphatic imine (C=N–C) groups is 1.